The van der Waals surface area contributed by atoms with Crippen LogP contribution in [0.3, 0.4) is 0 Å². The van der Waals surface area contributed by atoms with Crippen molar-refractivity contribution >= 4 is 11.8 Å². The van der Waals surface area contributed by atoms with Crippen molar-refractivity contribution in [3.63, 3.8) is 0 Å². The van der Waals surface area contributed by atoms with Crippen molar-refractivity contribution in [2.24, 2.45) is 16.7 Å². The van der Waals surface area contributed by atoms with Crippen LogP contribution in [-0.2, 0) is 14.3 Å². The average molecular weight is 248 g/mol. The zero-order valence-electron chi connectivity index (χ0n) is 11.5. The van der Waals surface area contributed by atoms with Crippen LogP contribution >= 0.6 is 0 Å². The minimum absolute atomic E-state index is 0.0498. The Labute approximate surface area is 108 Å². The first-order chi connectivity index (χ1) is 8.25. The van der Waals surface area contributed by atoms with Crippen LogP contribution < -0.4 is 0 Å². The van der Waals surface area contributed by atoms with Crippen LogP contribution in [-0.4, -0.2) is 18.4 Å². The summed E-state index contributed by atoms with van der Waals surface area (Å²) >= 11 is 0. The lowest BCUT2D eigenvalue weighted by Crippen LogP contribution is -2.54. The Balaban J connectivity index is 2.53. The zero-order valence-corrected chi connectivity index (χ0v) is 11.5. The van der Waals surface area contributed by atoms with Gasteiger partial charge in [-0.05, 0) is 20.3 Å². The van der Waals surface area contributed by atoms with Gasteiger partial charge in [0.25, 0.3) is 0 Å². The summed E-state index contributed by atoms with van der Waals surface area (Å²) in [4.78, 5) is 24.6. The van der Waals surface area contributed by atoms with E-state index in [0.717, 1.165) is 5.57 Å². The molecule has 3 rings (SSSR count). The second kappa shape index (κ2) is 3.81. The van der Waals surface area contributed by atoms with Crippen molar-refractivity contribution in [3.05, 3.63) is 23.8 Å². The summed E-state index contributed by atoms with van der Waals surface area (Å²) in [6, 6.07) is 0. The molecule has 0 spiro atoms. The van der Waals surface area contributed by atoms with Gasteiger partial charge in [0.2, 0.25) is 0 Å². The first-order valence-corrected chi connectivity index (χ1v) is 6.37. The van der Waals surface area contributed by atoms with E-state index in [4.69, 9.17) is 4.74 Å². The fourth-order valence-electron chi connectivity index (χ4n) is 3.40. The second-order valence-electron chi connectivity index (χ2n) is 6.00. The van der Waals surface area contributed by atoms with Crippen LogP contribution in [0.15, 0.2) is 23.8 Å². The zero-order chi connectivity index (χ0) is 13.7. The molecule has 0 aliphatic heterocycles. The molecule has 0 radical (unpaired) electrons. The third-order valence-electron chi connectivity index (χ3n) is 4.31. The largest absolute Gasteiger partial charge is 0.463 e. The number of esters is 1. The van der Waals surface area contributed by atoms with Gasteiger partial charge in [0.15, 0.2) is 0 Å². The Kier molecular flexibility index (Phi) is 2.76. The van der Waals surface area contributed by atoms with Crippen molar-refractivity contribution < 1.29 is 14.3 Å². The highest BCUT2D eigenvalue weighted by molar-refractivity contribution is 6.05. The molecule has 0 N–H and O–H groups in total. The first-order valence-electron chi connectivity index (χ1n) is 6.37. The summed E-state index contributed by atoms with van der Waals surface area (Å²) in [6.07, 6.45) is 2.45. The Morgan fingerprint density at radius 3 is 2.67 bits per heavy atom. The Morgan fingerprint density at radius 2 is 2.11 bits per heavy atom. The average Bonchev–Trinajstić information content (AvgIpc) is 2.25. The summed E-state index contributed by atoms with van der Waals surface area (Å²) in [5.74, 6) is -0.287. The molecule has 0 unspecified atom stereocenters. The van der Waals surface area contributed by atoms with Gasteiger partial charge in [0.1, 0.15) is 5.78 Å². The molecule has 3 nitrogen and oxygen atoms in total. The number of carbonyl (C=O) groups excluding carboxylic acids is 2. The summed E-state index contributed by atoms with van der Waals surface area (Å²) < 4.78 is 5.06. The number of allylic oxidation sites excluding steroid dienone is 2. The molecule has 98 valence electrons. The standard InChI is InChI=1S/C15H20O3/c1-6-18-12(16)11-7-10-9(2)8-15(11,5)13(17)14(10,3)4/h7,10H,2,6,8H2,1,3-5H3/t10-,15-/m1/s1. The lowest BCUT2D eigenvalue weighted by atomic mass is 9.50. The van der Waals surface area contributed by atoms with Crippen molar-refractivity contribution in [1.82, 2.24) is 0 Å². The molecule has 0 heterocycles. The number of ether oxygens (including phenoxy) is 1. The number of ketones is 1. The topological polar surface area (TPSA) is 43.4 Å². The maximum atomic E-state index is 12.6. The van der Waals surface area contributed by atoms with Crippen LogP contribution in [0.25, 0.3) is 0 Å². The van der Waals surface area contributed by atoms with Gasteiger partial charge >= 0.3 is 5.97 Å². The molecule has 0 aromatic carbocycles. The minimum atomic E-state index is -0.762. The Hall–Kier alpha value is -1.38. The van der Waals surface area contributed by atoms with Crippen molar-refractivity contribution in [3.8, 4) is 0 Å². The van der Waals surface area contributed by atoms with Crippen LogP contribution in [0.2, 0.25) is 0 Å². The van der Waals surface area contributed by atoms with Crippen molar-refractivity contribution in [2.75, 3.05) is 6.61 Å². The number of Topliss-reactive ketones (excluding diaryl/α,β-unsaturated/α-hetero) is 1. The van der Waals surface area contributed by atoms with Gasteiger partial charge in [0.05, 0.1) is 12.0 Å². The van der Waals surface area contributed by atoms with Crippen LogP contribution in [0.1, 0.15) is 34.1 Å². The Bertz CT molecular complexity index is 470. The van der Waals surface area contributed by atoms with E-state index in [0.29, 0.717) is 18.6 Å². The molecule has 0 saturated heterocycles. The molecule has 3 aliphatic carbocycles. The predicted molar refractivity (Wildman–Crippen MR) is 68.9 cm³/mol. The van der Waals surface area contributed by atoms with Crippen molar-refractivity contribution in [2.45, 2.75) is 34.1 Å². The fraction of sp³-hybridized carbons (Fsp3) is 0.600. The van der Waals surface area contributed by atoms with Gasteiger partial charge in [-0.15, -0.1) is 0 Å². The first kappa shape index (κ1) is 13.1. The number of fused-ring (bicyclic) bond motifs is 2. The van der Waals surface area contributed by atoms with E-state index in [1.165, 1.54) is 0 Å². The van der Waals surface area contributed by atoms with Crippen LogP contribution in [0, 0.1) is 16.7 Å². The van der Waals surface area contributed by atoms with Gasteiger partial charge in [-0.25, -0.2) is 4.79 Å². The van der Waals surface area contributed by atoms with Gasteiger partial charge in [-0.3, -0.25) is 4.79 Å². The fourth-order valence-corrected chi connectivity index (χ4v) is 3.40. The van der Waals surface area contributed by atoms with E-state index >= 15 is 0 Å². The van der Waals surface area contributed by atoms with Crippen LogP contribution in [0.5, 0.6) is 0 Å². The quantitative estimate of drug-likeness (QED) is 0.557. The molecule has 0 amide bonds. The smallest absolute Gasteiger partial charge is 0.334 e. The molecule has 1 saturated carbocycles. The molecule has 0 aromatic heterocycles. The SMILES string of the molecule is C=C1C[C@@]2(C)C(=O)C(C)(C)[C@@H]1C=C2C(=O)OCC. The lowest BCUT2D eigenvalue weighted by molar-refractivity contribution is -0.148. The maximum absolute atomic E-state index is 12.6. The van der Waals surface area contributed by atoms with E-state index in [1.54, 1.807) is 6.92 Å². The lowest BCUT2D eigenvalue weighted by Gasteiger charge is -2.51. The molecular formula is C15H20O3. The highest BCUT2D eigenvalue weighted by Gasteiger charge is 2.58. The van der Waals surface area contributed by atoms with E-state index in [1.807, 2.05) is 26.8 Å². The van der Waals surface area contributed by atoms with Crippen LogP contribution in [0.4, 0.5) is 0 Å². The van der Waals surface area contributed by atoms with Gasteiger partial charge in [0, 0.05) is 16.9 Å². The second-order valence-corrected chi connectivity index (χ2v) is 6.00. The molecule has 18 heavy (non-hydrogen) atoms. The molecule has 1 fully saturated rings. The van der Waals surface area contributed by atoms with Gasteiger partial charge in [-0.2, -0.15) is 0 Å². The number of hydrogen-bond acceptors (Lipinski definition) is 3. The molecule has 2 bridgehead atoms. The molecule has 3 heteroatoms. The normalized spacial score (nSPS) is 33.3. The molecule has 2 atom stereocenters. The number of carbonyl (C=O) groups is 2. The van der Waals surface area contributed by atoms with E-state index in [9.17, 15) is 9.59 Å². The molecular weight excluding hydrogens is 228 g/mol. The Morgan fingerprint density at radius 1 is 1.50 bits per heavy atom. The third-order valence-corrected chi connectivity index (χ3v) is 4.31. The van der Waals surface area contributed by atoms with E-state index in [2.05, 4.69) is 6.58 Å². The monoisotopic (exact) mass is 248 g/mol. The maximum Gasteiger partial charge on any atom is 0.334 e. The molecule has 3 aliphatic rings. The summed E-state index contributed by atoms with van der Waals surface area (Å²) in [5, 5.41) is 0. The van der Waals surface area contributed by atoms with Crippen molar-refractivity contribution in [1.29, 1.82) is 0 Å². The minimum Gasteiger partial charge on any atom is -0.463 e. The molecule has 0 aromatic rings. The van der Waals surface area contributed by atoms with Gasteiger partial charge < -0.3 is 4.74 Å². The highest BCUT2D eigenvalue weighted by atomic mass is 16.5. The third kappa shape index (κ3) is 1.49. The van der Waals surface area contributed by atoms with E-state index in [-0.39, 0.29) is 17.7 Å². The predicted octanol–water partition coefficient (Wildman–Crippen LogP) is 2.67. The summed E-state index contributed by atoms with van der Waals surface area (Å²) in [7, 11) is 0. The van der Waals surface area contributed by atoms with E-state index < -0.39 is 10.8 Å². The van der Waals surface area contributed by atoms with Gasteiger partial charge in [-0.1, -0.05) is 32.1 Å². The number of rotatable bonds is 2. The summed E-state index contributed by atoms with van der Waals surface area (Å²) in [5.41, 5.74) is 0.322. The number of hydrogen-bond donors (Lipinski definition) is 0. The highest BCUT2D eigenvalue weighted by Crippen LogP contribution is 2.57. The summed E-state index contributed by atoms with van der Waals surface area (Å²) in [6.45, 7) is 11.9.